The van der Waals surface area contributed by atoms with Crippen molar-refractivity contribution in [1.82, 2.24) is 10.6 Å². The number of amides is 2. The van der Waals surface area contributed by atoms with Crippen LogP contribution >= 0.6 is 11.8 Å². The summed E-state index contributed by atoms with van der Waals surface area (Å²) in [4.78, 5) is 13.1. The highest BCUT2D eigenvalue weighted by molar-refractivity contribution is 8.00. The lowest BCUT2D eigenvalue weighted by atomic mass is 10.1. The van der Waals surface area contributed by atoms with E-state index in [0.717, 1.165) is 12.8 Å². The fraction of sp³-hybridized carbons (Fsp3) is 0.562. The Kier molecular flexibility index (Phi) is 5.94. The van der Waals surface area contributed by atoms with Gasteiger partial charge in [-0.2, -0.15) is 0 Å². The second-order valence-corrected chi connectivity index (χ2v) is 7.26. The third-order valence-corrected chi connectivity index (χ3v) is 5.31. The molecule has 5 heteroatoms. The molecule has 4 nitrogen and oxygen atoms in total. The van der Waals surface area contributed by atoms with Crippen molar-refractivity contribution in [1.29, 1.82) is 0 Å². The van der Waals surface area contributed by atoms with E-state index in [-0.39, 0.29) is 23.4 Å². The summed E-state index contributed by atoms with van der Waals surface area (Å²) < 4.78 is 0.0984. The monoisotopic (exact) mass is 308 g/mol. The van der Waals surface area contributed by atoms with Gasteiger partial charge >= 0.3 is 6.03 Å². The first-order valence-corrected chi connectivity index (χ1v) is 8.34. The third kappa shape index (κ3) is 4.93. The summed E-state index contributed by atoms with van der Waals surface area (Å²) in [6.45, 7) is 2.40. The Morgan fingerprint density at radius 1 is 1.33 bits per heavy atom. The van der Waals surface area contributed by atoms with Gasteiger partial charge in [-0.15, -0.1) is 11.8 Å². The molecule has 1 atom stereocenters. The van der Waals surface area contributed by atoms with Crippen LogP contribution in [0.25, 0.3) is 0 Å². The van der Waals surface area contributed by atoms with Crippen molar-refractivity contribution in [2.45, 2.75) is 48.3 Å². The van der Waals surface area contributed by atoms with Crippen LogP contribution in [0.2, 0.25) is 0 Å². The number of carbonyl (C=O) groups excluding carboxylic acids is 1. The van der Waals surface area contributed by atoms with Crippen LogP contribution in [0.4, 0.5) is 4.79 Å². The summed E-state index contributed by atoms with van der Waals surface area (Å²) in [6, 6.07) is 9.95. The van der Waals surface area contributed by atoms with Crippen LogP contribution in [-0.2, 0) is 0 Å². The highest BCUT2D eigenvalue weighted by atomic mass is 32.2. The van der Waals surface area contributed by atoms with Crippen molar-refractivity contribution < 1.29 is 9.90 Å². The minimum Gasteiger partial charge on any atom is -0.394 e. The van der Waals surface area contributed by atoms with Gasteiger partial charge < -0.3 is 15.7 Å². The number of hydrogen-bond donors (Lipinski definition) is 3. The number of urea groups is 1. The van der Waals surface area contributed by atoms with Crippen LogP contribution < -0.4 is 10.6 Å². The largest absolute Gasteiger partial charge is 0.394 e. The maximum Gasteiger partial charge on any atom is 0.315 e. The Labute approximate surface area is 130 Å². The van der Waals surface area contributed by atoms with Crippen LogP contribution in [0.3, 0.4) is 0 Å². The van der Waals surface area contributed by atoms with E-state index < -0.39 is 0 Å². The number of nitrogens with one attached hydrogen (secondary N) is 2. The van der Waals surface area contributed by atoms with E-state index in [2.05, 4.69) is 22.8 Å². The van der Waals surface area contributed by atoms with E-state index in [9.17, 15) is 4.79 Å². The number of rotatable bonds is 6. The van der Waals surface area contributed by atoms with Gasteiger partial charge in [0.05, 0.1) is 12.6 Å². The minimum atomic E-state index is -0.216. The maximum atomic E-state index is 11.8. The predicted molar refractivity (Wildman–Crippen MR) is 86.6 cm³/mol. The second kappa shape index (κ2) is 7.71. The Bertz CT molecular complexity index is 447. The summed E-state index contributed by atoms with van der Waals surface area (Å²) >= 11 is 1.87. The number of aliphatic hydroxyl groups is 1. The quantitative estimate of drug-likeness (QED) is 0.757. The molecule has 1 aliphatic carbocycles. The zero-order valence-corrected chi connectivity index (χ0v) is 13.3. The molecule has 0 radical (unpaired) electrons. The van der Waals surface area contributed by atoms with Crippen molar-refractivity contribution in [3.8, 4) is 0 Å². The zero-order valence-electron chi connectivity index (χ0n) is 12.5. The molecule has 0 bridgehead atoms. The molecular formula is C16H24N2O2S. The first-order valence-electron chi connectivity index (χ1n) is 7.53. The molecule has 1 aromatic rings. The normalized spacial score (nSPS) is 18.2. The molecule has 116 valence electrons. The topological polar surface area (TPSA) is 61.4 Å². The van der Waals surface area contributed by atoms with E-state index >= 15 is 0 Å². The van der Waals surface area contributed by atoms with Gasteiger partial charge in [0.1, 0.15) is 0 Å². The molecule has 0 spiro atoms. The van der Waals surface area contributed by atoms with Crippen molar-refractivity contribution in [3.63, 3.8) is 0 Å². The maximum absolute atomic E-state index is 11.8. The van der Waals surface area contributed by atoms with Gasteiger partial charge in [0.15, 0.2) is 0 Å². The van der Waals surface area contributed by atoms with E-state index in [1.807, 2.05) is 30.0 Å². The molecule has 1 aliphatic rings. The lowest BCUT2D eigenvalue weighted by molar-refractivity contribution is 0.219. The smallest absolute Gasteiger partial charge is 0.315 e. The van der Waals surface area contributed by atoms with Gasteiger partial charge in [-0.3, -0.25) is 0 Å². The average molecular weight is 308 g/mol. The molecule has 1 saturated carbocycles. The van der Waals surface area contributed by atoms with Crippen LogP contribution in [0.5, 0.6) is 0 Å². The van der Waals surface area contributed by atoms with Gasteiger partial charge in [0.25, 0.3) is 0 Å². The van der Waals surface area contributed by atoms with E-state index in [1.54, 1.807) is 6.92 Å². The average Bonchev–Trinajstić information content (AvgIpc) is 2.95. The SMILES string of the molecule is CC(CO)NC(=O)NCC1(Sc2ccccc2)CCCC1. The summed E-state index contributed by atoms with van der Waals surface area (Å²) in [5.74, 6) is 0. The van der Waals surface area contributed by atoms with Crippen LogP contribution in [0.15, 0.2) is 35.2 Å². The van der Waals surface area contributed by atoms with Crippen molar-refractivity contribution in [2.24, 2.45) is 0 Å². The van der Waals surface area contributed by atoms with Crippen molar-refractivity contribution >= 4 is 17.8 Å². The first kappa shape index (κ1) is 16.2. The molecule has 21 heavy (non-hydrogen) atoms. The van der Waals surface area contributed by atoms with Crippen molar-refractivity contribution in [3.05, 3.63) is 30.3 Å². The number of hydrogen-bond acceptors (Lipinski definition) is 3. The van der Waals surface area contributed by atoms with E-state index in [0.29, 0.717) is 6.54 Å². The van der Waals surface area contributed by atoms with Crippen LogP contribution in [0, 0.1) is 0 Å². The van der Waals surface area contributed by atoms with Crippen LogP contribution in [-0.4, -0.2) is 35.1 Å². The number of carbonyl (C=O) groups is 1. The summed E-state index contributed by atoms with van der Waals surface area (Å²) in [6.07, 6.45) is 4.69. The Morgan fingerprint density at radius 2 is 2.00 bits per heavy atom. The van der Waals surface area contributed by atoms with E-state index in [4.69, 9.17) is 5.11 Å². The molecule has 0 aliphatic heterocycles. The molecule has 2 amide bonds. The molecule has 0 heterocycles. The Hall–Kier alpha value is -1.20. The molecule has 0 aromatic heterocycles. The molecule has 1 aromatic carbocycles. The predicted octanol–water partition coefficient (Wildman–Crippen LogP) is 2.77. The highest BCUT2D eigenvalue weighted by Gasteiger charge is 2.35. The van der Waals surface area contributed by atoms with E-state index in [1.165, 1.54) is 17.7 Å². The Morgan fingerprint density at radius 3 is 2.62 bits per heavy atom. The number of thioether (sulfide) groups is 1. The fourth-order valence-electron chi connectivity index (χ4n) is 2.63. The zero-order chi connectivity index (χ0) is 15.1. The number of benzene rings is 1. The molecule has 1 unspecified atom stereocenters. The molecule has 3 N–H and O–H groups in total. The summed E-state index contributed by atoms with van der Waals surface area (Å²) in [5.41, 5.74) is 0. The van der Waals surface area contributed by atoms with Gasteiger partial charge in [0, 0.05) is 16.2 Å². The molecular weight excluding hydrogens is 284 g/mol. The summed E-state index contributed by atoms with van der Waals surface area (Å²) in [7, 11) is 0. The first-order chi connectivity index (χ1) is 10.1. The lowest BCUT2D eigenvalue weighted by Gasteiger charge is -2.29. The van der Waals surface area contributed by atoms with Gasteiger partial charge in [-0.1, -0.05) is 31.0 Å². The lowest BCUT2D eigenvalue weighted by Crippen LogP contribution is -2.47. The van der Waals surface area contributed by atoms with Crippen LogP contribution in [0.1, 0.15) is 32.6 Å². The van der Waals surface area contributed by atoms with Crippen molar-refractivity contribution in [2.75, 3.05) is 13.2 Å². The molecule has 2 rings (SSSR count). The molecule has 0 saturated heterocycles. The van der Waals surface area contributed by atoms with Gasteiger partial charge in [-0.05, 0) is 31.9 Å². The Balaban J connectivity index is 1.91. The van der Waals surface area contributed by atoms with Gasteiger partial charge in [0.2, 0.25) is 0 Å². The fourth-order valence-corrected chi connectivity index (χ4v) is 4.06. The molecule has 1 fully saturated rings. The van der Waals surface area contributed by atoms with Gasteiger partial charge in [-0.25, -0.2) is 4.79 Å². The minimum absolute atomic E-state index is 0.0443. The summed E-state index contributed by atoms with van der Waals surface area (Å²) in [5, 5.41) is 14.7. The second-order valence-electron chi connectivity index (χ2n) is 5.72. The standard InChI is InChI=1S/C16H24N2O2S/c1-13(11-19)18-15(20)17-12-16(9-5-6-10-16)21-14-7-3-2-4-8-14/h2-4,7-8,13,19H,5-6,9-12H2,1H3,(H2,17,18,20). The third-order valence-electron chi connectivity index (χ3n) is 3.81. The number of aliphatic hydroxyl groups excluding tert-OH is 1. The highest BCUT2D eigenvalue weighted by Crippen LogP contribution is 2.44.